The summed E-state index contributed by atoms with van der Waals surface area (Å²) in [5.41, 5.74) is 1.04. The Morgan fingerprint density at radius 2 is 2.00 bits per heavy atom. The Morgan fingerprint density at radius 3 is 2.50 bits per heavy atom. The molecule has 0 aromatic heterocycles. The van der Waals surface area contributed by atoms with Gasteiger partial charge in [0.05, 0.1) is 0 Å². The van der Waals surface area contributed by atoms with Crippen molar-refractivity contribution in [3.8, 4) is 0 Å². The van der Waals surface area contributed by atoms with Gasteiger partial charge in [0, 0.05) is 17.0 Å². The van der Waals surface area contributed by atoms with Gasteiger partial charge in [0.1, 0.15) is 0 Å². The maximum Gasteiger partial charge on any atom is 0.251 e. The van der Waals surface area contributed by atoms with Crippen molar-refractivity contribution in [3.05, 3.63) is 29.8 Å². The summed E-state index contributed by atoms with van der Waals surface area (Å²) in [5, 5.41) is 3.00. The van der Waals surface area contributed by atoms with Gasteiger partial charge in [-0.25, -0.2) is 0 Å². The van der Waals surface area contributed by atoms with Gasteiger partial charge in [-0.3, -0.25) is 4.79 Å². The predicted octanol–water partition coefficient (Wildman–Crippen LogP) is 2.90. The molecule has 1 aliphatic carbocycles. The van der Waals surface area contributed by atoms with E-state index >= 15 is 0 Å². The van der Waals surface area contributed by atoms with E-state index in [1.165, 1.54) is 19.3 Å². The number of amides is 1. The van der Waals surface area contributed by atoms with Crippen molar-refractivity contribution >= 4 is 18.5 Å². The zero-order valence-electron chi connectivity index (χ0n) is 9.49. The van der Waals surface area contributed by atoms with Crippen LogP contribution in [0, 0.1) is 5.41 Å². The van der Waals surface area contributed by atoms with Gasteiger partial charge in [-0.1, -0.05) is 13.3 Å². The maximum absolute atomic E-state index is 11.8. The van der Waals surface area contributed by atoms with Crippen molar-refractivity contribution < 1.29 is 4.79 Å². The molecule has 16 heavy (non-hydrogen) atoms. The molecule has 0 spiro atoms. The third kappa shape index (κ3) is 2.59. The largest absolute Gasteiger partial charge is 0.351 e. The highest BCUT2D eigenvalue weighted by atomic mass is 32.1. The van der Waals surface area contributed by atoms with Gasteiger partial charge in [0.2, 0.25) is 0 Å². The Labute approximate surface area is 102 Å². The van der Waals surface area contributed by atoms with Crippen molar-refractivity contribution in [2.24, 2.45) is 5.41 Å². The predicted molar refractivity (Wildman–Crippen MR) is 68.0 cm³/mol. The molecule has 1 N–H and O–H groups in total. The van der Waals surface area contributed by atoms with Crippen molar-refractivity contribution in [2.75, 3.05) is 6.54 Å². The summed E-state index contributed by atoms with van der Waals surface area (Å²) in [6.07, 6.45) is 3.74. The molecular weight excluding hydrogens is 218 g/mol. The summed E-state index contributed by atoms with van der Waals surface area (Å²) in [6.45, 7) is 3.02. The van der Waals surface area contributed by atoms with Crippen LogP contribution in [0.2, 0.25) is 0 Å². The standard InChI is InChI=1S/C13H17NOS/c1-13(7-2-8-13)9-14-12(15)10-3-5-11(16)6-4-10/h3-6,16H,2,7-9H2,1H3,(H,14,15). The van der Waals surface area contributed by atoms with E-state index in [2.05, 4.69) is 24.9 Å². The van der Waals surface area contributed by atoms with Crippen LogP contribution in [0.4, 0.5) is 0 Å². The SMILES string of the molecule is CC1(CNC(=O)c2ccc(S)cc2)CCC1. The lowest BCUT2D eigenvalue weighted by atomic mass is 9.70. The second kappa shape index (κ2) is 4.50. The summed E-state index contributed by atoms with van der Waals surface area (Å²) in [5.74, 6) is 0.0152. The first kappa shape index (κ1) is 11.5. The van der Waals surface area contributed by atoms with E-state index in [4.69, 9.17) is 0 Å². The van der Waals surface area contributed by atoms with Crippen LogP contribution in [0.5, 0.6) is 0 Å². The molecule has 0 atom stereocenters. The second-order valence-corrected chi connectivity index (χ2v) is 5.41. The Hall–Kier alpha value is -0.960. The van der Waals surface area contributed by atoms with E-state index < -0.39 is 0 Å². The zero-order valence-corrected chi connectivity index (χ0v) is 10.4. The highest BCUT2D eigenvalue weighted by Gasteiger charge is 2.31. The van der Waals surface area contributed by atoms with Crippen LogP contribution in [-0.4, -0.2) is 12.5 Å². The number of rotatable bonds is 3. The van der Waals surface area contributed by atoms with E-state index in [1.54, 1.807) is 12.1 Å². The van der Waals surface area contributed by atoms with Gasteiger partial charge in [-0.2, -0.15) is 0 Å². The number of carbonyl (C=O) groups is 1. The molecule has 0 aliphatic heterocycles. The third-order valence-electron chi connectivity index (χ3n) is 3.37. The first-order chi connectivity index (χ1) is 7.59. The summed E-state index contributed by atoms with van der Waals surface area (Å²) in [7, 11) is 0. The van der Waals surface area contributed by atoms with Crippen LogP contribution in [0.25, 0.3) is 0 Å². The van der Waals surface area contributed by atoms with Gasteiger partial charge in [-0.15, -0.1) is 12.6 Å². The maximum atomic E-state index is 11.8. The Balaban J connectivity index is 1.90. The molecule has 0 unspecified atom stereocenters. The number of thiol groups is 1. The first-order valence-electron chi connectivity index (χ1n) is 5.66. The fourth-order valence-corrected chi connectivity index (χ4v) is 2.11. The van der Waals surface area contributed by atoms with Crippen LogP contribution in [0.15, 0.2) is 29.2 Å². The summed E-state index contributed by atoms with van der Waals surface area (Å²) in [4.78, 5) is 12.7. The van der Waals surface area contributed by atoms with E-state index in [1.807, 2.05) is 12.1 Å². The highest BCUT2D eigenvalue weighted by molar-refractivity contribution is 7.80. The molecular formula is C13H17NOS. The summed E-state index contributed by atoms with van der Waals surface area (Å²) < 4.78 is 0. The first-order valence-corrected chi connectivity index (χ1v) is 6.11. The molecule has 0 saturated heterocycles. The number of nitrogens with one attached hydrogen (secondary N) is 1. The average Bonchev–Trinajstić information content (AvgIpc) is 2.24. The minimum Gasteiger partial charge on any atom is -0.351 e. The van der Waals surface area contributed by atoms with Crippen LogP contribution in [-0.2, 0) is 0 Å². The smallest absolute Gasteiger partial charge is 0.251 e. The van der Waals surface area contributed by atoms with E-state index in [0.29, 0.717) is 11.0 Å². The topological polar surface area (TPSA) is 29.1 Å². The molecule has 1 aromatic rings. The summed E-state index contributed by atoms with van der Waals surface area (Å²) in [6, 6.07) is 7.29. The number of hydrogen-bond donors (Lipinski definition) is 2. The quantitative estimate of drug-likeness (QED) is 0.775. The Kier molecular flexibility index (Phi) is 3.24. The number of hydrogen-bond acceptors (Lipinski definition) is 2. The fourth-order valence-electron chi connectivity index (χ4n) is 1.97. The Bertz CT molecular complexity index is 381. The van der Waals surface area contributed by atoms with Crippen LogP contribution in [0.1, 0.15) is 36.5 Å². The lowest BCUT2D eigenvalue weighted by Gasteiger charge is -2.38. The van der Waals surface area contributed by atoms with Crippen molar-refractivity contribution in [1.29, 1.82) is 0 Å². The molecule has 0 radical (unpaired) electrons. The Morgan fingerprint density at radius 1 is 1.38 bits per heavy atom. The molecule has 2 rings (SSSR count). The molecule has 0 bridgehead atoms. The molecule has 3 heteroatoms. The van der Waals surface area contributed by atoms with Crippen molar-refractivity contribution in [1.82, 2.24) is 5.32 Å². The summed E-state index contributed by atoms with van der Waals surface area (Å²) >= 11 is 4.19. The number of carbonyl (C=O) groups excluding carboxylic acids is 1. The average molecular weight is 235 g/mol. The van der Waals surface area contributed by atoms with Gasteiger partial charge >= 0.3 is 0 Å². The minimum absolute atomic E-state index is 0.0152. The van der Waals surface area contributed by atoms with Crippen LogP contribution < -0.4 is 5.32 Å². The van der Waals surface area contributed by atoms with Gasteiger partial charge in [0.25, 0.3) is 5.91 Å². The molecule has 1 saturated carbocycles. The second-order valence-electron chi connectivity index (χ2n) is 4.89. The van der Waals surface area contributed by atoms with Crippen LogP contribution >= 0.6 is 12.6 Å². The molecule has 1 amide bonds. The van der Waals surface area contributed by atoms with E-state index in [9.17, 15) is 4.79 Å². The van der Waals surface area contributed by atoms with Crippen LogP contribution in [0.3, 0.4) is 0 Å². The zero-order chi connectivity index (χ0) is 11.6. The van der Waals surface area contributed by atoms with Gasteiger partial charge in [0.15, 0.2) is 0 Å². The van der Waals surface area contributed by atoms with Crippen molar-refractivity contribution in [3.63, 3.8) is 0 Å². The van der Waals surface area contributed by atoms with E-state index in [0.717, 1.165) is 11.4 Å². The molecule has 0 heterocycles. The van der Waals surface area contributed by atoms with E-state index in [-0.39, 0.29) is 5.91 Å². The molecule has 1 aromatic carbocycles. The highest BCUT2D eigenvalue weighted by Crippen LogP contribution is 2.39. The van der Waals surface area contributed by atoms with Crippen molar-refractivity contribution in [2.45, 2.75) is 31.1 Å². The normalized spacial score (nSPS) is 17.6. The lowest BCUT2D eigenvalue weighted by Crippen LogP contribution is -2.39. The monoisotopic (exact) mass is 235 g/mol. The third-order valence-corrected chi connectivity index (χ3v) is 3.66. The molecule has 2 nitrogen and oxygen atoms in total. The molecule has 1 aliphatic rings. The lowest BCUT2D eigenvalue weighted by molar-refractivity contribution is 0.0890. The number of benzene rings is 1. The van der Waals surface area contributed by atoms with Gasteiger partial charge < -0.3 is 5.32 Å². The minimum atomic E-state index is 0.0152. The fraction of sp³-hybridized carbons (Fsp3) is 0.462. The van der Waals surface area contributed by atoms with Gasteiger partial charge in [-0.05, 0) is 42.5 Å². The molecule has 1 fully saturated rings. The molecule has 86 valence electrons.